The van der Waals surface area contributed by atoms with Gasteiger partial charge in [0.15, 0.2) is 12.4 Å². The van der Waals surface area contributed by atoms with Gasteiger partial charge in [0.05, 0.1) is 12.1 Å². The lowest BCUT2D eigenvalue weighted by atomic mass is 10.1. The van der Waals surface area contributed by atoms with Gasteiger partial charge in [0, 0.05) is 13.2 Å². The first-order valence-corrected chi connectivity index (χ1v) is 7.44. The molecule has 1 saturated heterocycles. The maximum absolute atomic E-state index is 12.2. The fraction of sp³-hybridized carbons (Fsp3) is 0.867. The summed E-state index contributed by atoms with van der Waals surface area (Å²) in [5, 5.41) is 9.33. The molecule has 120 valence electrons. The molecular formula is C15H26N2O4. The molecule has 1 amide bonds. The summed E-state index contributed by atoms with van der Waals surface area (Å²) < 4.78 is 16.3. The van der Waals surface area contributed by atoms with Crippen LogP contribution in [0.1, 0.15) is 47.5 Å². The number of rotatable bonds is 5. The minimum atomic E-state index is -0.707. The molecule has 6 nitrogen and oxygen atoms in total. The van der Waals surface area contributed by atoms with Gasteiger partial charge in [-0.1, -0.05) is 0 Å². The molecule has 2 unspecified atom stereocenters. The summed E-state index contributed by atoms with van der Waals surface area (Å²) >= 11 is 0. The van der Waals surface area contributed by atoms with Gasteiger partial charge < -0.3 is 19.1 Å². The number of carbonyl (C=O) groups is 1. The normalized spacial score (nSPS) is 21.7. The second kappa shape index (κ2) is 7.62. The highest BCUT2D eigenvalue weighted by atomic mass is 16.7. The van der Waals surface area contributed by atoms with Gasteiger partial charge in [-0.3, -0.25) is 0 Å². The predicted molar refractivity (Wildman–Crippen MR) is 77.5 cm³/mol. The van der Waals surface area contributed by atoms with Crippen molar-refractivity contribution in [2.75, 3.05) is 13.2 Å². The number of nitrogens with zero attached hydrogens (tertiary/aromatic N) is 2. The molecule has 3 atom stereocenters. The third-order valence-corrected chi connectivity index (χ3v) is 3.14. The van der Waals surface area contributed by atoms with Gasteiger partial charge in [-0.15, -0.1) is 0 Å². The van der Waals surface area contributed by atoms with Crippen LogP contribution in [0.25, 0.3) is 0 Å². The van der Waals surface area contributed by atoms with Crippen molar-refractivity contribution in [3.8, 4) is 6.07 Å². The zero-order valence-corrected chi connectivity index (χ0v) is 13.6. The van der Waals surface area contributed by atoms with Crippen LogP contribution in [0.3, 0.4) is 0 Å². The van der Waals surface area contributed by atoms with Gasteiger partial charge in [0.25, 0.3) is 0 Å². The van der Waals surface area contributed by atoms with E-state index < -0.39 is 24.1 Å². The average molecular weight is 298 g/mol. The largest absolute Gasteiger partial charge is 0.444 e. The highest BCUT2D eigenvalue weighted by Gasteiger charge is 2.38. The maximum atomic E-state index is 12.2. The Hall–Kier alpha value is -1.32. The SMILES string of the molecule is CCOC(C)OC(C#N)[C@@H]1CCCN1C(=O)OC(C)(C)C. The molecule has 1 fully saturated rings. The first-order chi connectivity index (χ1) is 9.78. The lowest BCUT2D eigenvalue weighted by molar-refractivity contribution is -0.155. The third-order valence-electron chi connectivity index (χ3n) is 3.14. The Bertz CT molecular complexity index is 386. The highest BCUT2D eigenvalue weighted by Crippen LogP contribution is 2.25. The van der Waals surface area contributed by atoms with Gasteiger partial charge in [-0.25, -0.2) is 4.79 Å². The maximum Gasteiger partial charge on any atom is 0.410 e. The van der Waals surface area contributed by atoms with E-state index in [4.69, 9.17) is 14.2 Å². The molecule has 21 heavy (non-hydrogen) atoms. The first-order valence-electron chi connectivity index (χ1n) is 7.44. The van der Waals surface area contributed by atoms with Crippen LogP contribution >= 0.6 is 0 Å². The van der Waals surface area contributed by atoms with Gasteiger partial charge in [-0.05, 0) is 47.5 Å². The Morgan fingerprint density at radius 1 is 1.48 bits per heavy atom. The van der Waals surface area contributed by atoms with Crippen molar-refractivity contribution < 1.29 is 19.0 Å². The van der Waals surface area contributed by atoms with Crippen LogP contribution in [0.15, 0.2) is 0 Å². The number of amides is 1. The minimum absolute atomic E-state index is 0.284. The minimum Gasteiger partial charge on any atom is -0.444 e. The quantitative estimate of drug-likeness (QED) is 0.730. The van der Waals surface area contributed by atoms with E-state index in [1.807, 2.05) is 27.7 Å². The topological polar surface area (TPSA) is 71.8 Å². The van der Waals surface area contributed by atoms with E-state index in [-0.39, 0.29) is 6.04 Å². The van der Waals surface area contributed by atoms with Crippen LogP contribution in [0.4, 0.5) is 4.79 Å². The number of ether oxygens (including phenoxy) is 3. The van der Waals surface area contributed by atoms with Gasteiger partial charge in [0.2, 0.25) is 0 Å². The third kappa shape index (κ3) is 5.52. The second-order valence-electron chi connectivity index (χ2n) is 6.09. The molecule has 0 aliphatic carbocycles. The molecule has 1 aliphatic rings. The standard InChI is InChI=1S/C15H26N2O4/c1-6-19-11(2)20-13(10-16)12-8-7-9-17(12)14(18)21-15(3,4)5/h11-13H,6-9H2,1-5H3/t11?,12-,13?/m0/s1. The smallest absolute Gasteiger partial charge is 0.410 e. The van der Waals surface area contributed by atoms with Crippen LogP contribution in [0, 0.1) is 11.3 Å². The zero-order valence-electron chi connectivity index (χ0n) is 13.6. The Morgan fingerprint density at radius 3 is 2.67 bits per heavy atom. The Kier molecular flexibility index (Phi) is 6.43. The van der Waals surface area contributed by atoms with Crippen LogP contribution in [0.2, 0.25) is 0 Å². The molecule has 0 radical (unpaired) electrons. The molecule has 1 rings (SSSR count). The van der Waals surface area contributed by atoms with Crippen LogP contribution in [0.5, 0.6) is 0 Å². The average Bonchev–Trinajstić information content (AvgIpc) is 2.83. The lowest BCUT2D eigenvalue weighted by Gasteiger charge is -2.31. The molecule has 6 heteroatoms. The molecule has 0 bridgehead atoms. The number of nitriles is 1. The molecule has 0 N–H and O–H groups in total. The van der Waals surface area contributed by atoms with E-state index >= 15 is 0 Å². The van der Waals surface area contributed by atoms with E-state index in [1.165, 1.54) is 0 Å². The van der Waals surface area contributed by atoms with Crippen molar-refractivity contribution in [1.82, 2.24) is 4.90 Å². The Labute approximate surface area is 126 Å². The summed E-state index contributed by atoms with van der Waals surface area (Å²) in [6.07, 6.45) is 0.00494. The summed E-state index contributed by atoms with van der Waals surface area (Å²) in [6.45, 7) is 10.2. The number of hydrogen-bond acceptors (Lipinski definition) is 5. The van der Waals surface area contributed by atoms with E-state index in [9.17, 15) is 10.1 Å². The fourth-order valence-electron chi connectivity index (χ4n) is 2.34. The Balaban J connectivity index is 2.70. The number of hydrogen-bond donors (Lipinski definition) is 0. The highest BCUT2D eigenvalue weighted by molar-refractivity contribution is 5.69. The summed E-state index contributed by atoms with van der Waals surface area (Å²) in [5.74, 6) is 0. The summed E-state index contributed by atoms with van der Waals surface area (Å²) in [7, 11) is 0. The second-order valence-corrected chi connectivity index (χ2v) is 6.09. The van der Waals surface area contributed by atoms with Crippen molar-refractivity contribution in [2.45, 2.75) is 71.5 Å². The zero-order chi connectivity index (χ0) is 16.0. The molecular weight excluding hydrogens is 272 g/mol. The van der Waals surface area contributed by atoms with E-state index in [0.717, 1.165) is 12.8 Å². The molecule has 1 heterocycles. The van der Waals surface area contributed by atoms with Crippen molar-refractivity contribution in [3.05, 3.63) is 0 Å². The summed E-state index contributed by atoms with van der Waals surface area (Å²) in [4.78, 5) is 13.8. The molecule has 0 aromatic carbocycles. The van der Waals surface area contributed by atoms with Crippen LogP contribution < -0.4 is 0 Å². The van der Waals surface area contributed by atoms with Crippen molar-refractivity contribution in [2.24, 2.45) is 0 Å². The van der Waals surface area contributed by atoms with Crippen molar-refractivity contribution in [3.63, 3.8) is 0 Å². The van der Waals surface area contributed by atoms with Crippen molar-refractivity contribution >= 4 is 6.09 Å². The molecule has 0 saturated carbocycles. The van der Waals surface area contributed by atoms with Crippen LogP contribution in [-0.2, 0) is 14.2 Å². The number of carbonyl (C=O) groups excluding carboxylic acids is 1. The van der Waals surface area contributed by atoms with E-state index in [2.05, 4.69) is 6.07 Å². The predicted octanol–water partition coefficient (Wildman–Crippen LogP) is 2.68. The Morgan fingerprint density at radius 2 is 2.14 bits per heavy atom. The van der Waals surface area contributed by atoms with Gasteiger partial charge in [0.1, 0.15) is 5.60 Å². The van der Waals surface area contributed by atoms with Gasteiger partial charge in [-0.2, -0.15) is 5.26 Å². The van der Waals surface area contributed by atoms with Gasteiger partial charge >= 0.3 is 6.09 Å². The van der Waals surface area contributed by atoms with E-state index in [1.54, 1.807) is 11.8 Å². The summed E-state index contributed by atoms with van der Waals surface area (Å²) in [6, 6.07) is 1.84. The van der Waals surface area contributed by atoms with E-state index in [0.29, 0.717) is 13.2 Å². The van der Waals surface area contributed by atoms with Crippen molar-refractivity contribution in [1.29, 1.82) is 5.26 Å². The lowest BCUT2D eigenvalue weighted by Crippen LogP contribution is -2.46. The molecule has 0 spiro atoms. The van der Waals surface area contributed by atoms with Crippen LogP contribution in [-0.4, -0.2) is 48.2 Å². The first kappa shape index (κ1) is 17.7. The fourth-order valence-corrected chi connectivity index (χ4v) is 2.34. The number of likely N-dealkylation sites (tertiary alicyclic amines) is 1. The molecule has 0 aromatic rings. The molecule has 1 aliphatic heterocycles. The molecule has 0 aromatic heterocycles. The monoisotopic (exact) mass is 298 g/mol. The summed E-state index contributed by atoms with van der Waals surface area (Å²) in [5.41, 5.74) is -0.550.